The number of sulfonamides is 1. The van der Waals surface area contributed by atoms with E-state index >= 15 is 0 Å². The maximum absolute atomic E-state index is 12.4. The van der Waals surface area contributed by atoms with E-state index < -0.39 is 28.5 Å². The lowest BCUT2D eigenvalue weighted by atomic mass is 10.1. The standard InChI is InChI=1S/C21H20ClN3O5S2/c1-13-19(31-20(25-13)15-3-2-4-16(22)11-15)21(27)30-12-18(26)24-10-9-14-5-7-17(8-6-14)32(23,28)29/h2-8,11H,9-10,12H2,1H3,(H,24,26)(H2,23,28,29). The minimum atomic E-state index is -3.74. The number of esters is 1. The van der Waals surface area contributed by atoms with Crippen LogP contribution >= 0.6 is 22.9 Å². The number of carbonyl (C=O) groups is 2. The molecule has 11 heteroatoms. The highest BCUT2D eigenvalue weighted by atomic mass is 35.5. The number of aromatic nitrogens is 1. The Morgan fingerprint density at radius 1 is 1.19 bits per heavy atom. The Morgan fingerprint density at radius 3 is 2.56 bits per heavy atom. The number of amides is 1. The third-order valence-corrected chi connectivity index (χ3v) is 6.73. The van der Waals surface area contributed by atoms with Gasteiger partial charge in [0, 0.05) is 17.1 Å². The van der Waals surface area contributed by atoms with Crippen LogP contribution in [0.25, 0.3) is 10.6 Å². The predicted molar refractivity (Wildman–Crippen MR) is 122 cm³/mol. The smallest absolute Gasteiger partial charge is 0.350 e. The van der Waals surface area contributed by atoms with Gasteiger partial charge in [-0.15, -0.1) is 11.3 Å². The van der Waals surface area contributed by atoms with Crippen molar-refractivity contribution in [1.29, 1.82) is 0 Å². The molecule has 3 aromatic rings. The molecule has 0 unspecified atom stereocenters. The zero-order valence-electron chi connectivity index (χ0n) is 17.0. The van der Waals surface area contributed by atoms with Crippen LogP contribution in [0.3, 0.4) is 0 Å². The number of rotatable bonds is 8. The number of thiazole rings is 1. The Morgan fingerprint density at radius 2 is 1.91 bits per heavy atom. The van der Waals surface area contributed by atoms with Gasteiger partial charge in [-0.3, -0.25) is 4.79 Å². The normalized spacial score (nSPS) is 11.2. The van der Waals surface area contributed by atoms with E-state index in [9.17, 15) is 18.0 Å². The summed E-state index contributed by atoms with van der Waals surface area (Å²) in [5, 5.41) is 8.91. The maximum atomic E-state index is 12.4. The Labute approximate surface area is 194 Å². The van der Waals surface area contributed by atoms with Gasteiger partial charge >= 0.3 is 5.97 Å². The number of carbonyl (C=O) groups excluding carboxylic acids is 2. The summed E-state index contributed by atoms with van der Waals surface area (Å²) in [6, 6.07) is 13.2. The largest absolute Gasteiger partial charge is 0.451 e. The molecule has 1 amide bonds. The fourth-order valence-corrected chi connectivity index (χ4v) is 4.43. The molecule has 0 fully saturated rings. The zero-order valence-corrected chi connectivity index (χ0v) is 19.4. The molecule has 1 aromatic heterocycles. The summed E-state index contributed by atoms with van der Waals surface area (Å²) in [6.07, 6.45) is 0.474. The molecule has 0 bridgehead atoms. The first-order valence-electron chi connectivity index (χ1n) is 9.42. The molecule has 0 aliphatic rings. The van der Waals surface area contributed by atoms with Crippen molar-refractivity contribution < 1.29 is 22.7 Å². The van der Waals surface area contributed by atoms with Crippen molar-refractivity contribution in [3.8, 4) is 10.6 Å². The quantitative estimate of drug-likeness (QED) is 0.464. The molecule has 32 heavy (non-hydrogen) atoms. The molecule has 0 aliphatic heterocycles. The maximum Gasteiger partial charge on any atom is 0.350 e. The minimum absolute atomic E-state index is 0.0223. The first-order chi connectivity index (χ1) is 15.1. The van der Waals surface area contributed by atoms with Gasteiger partial charge in [-0.2, -0.15) is 0 Å². The number of primary sulfonamides is 1. The topological polar surface area (TPSA) is 128 Å². The molecule has 8 nitrogen and oxygen atoms in total. The third-order valence-electron chi connectivity index (χ3n) is 4.38. The summed E-state index contributed by atoms with van der Waals surface area (Å²) in [5.74, 6) is -1.07. The van der Waals surface area contributed by atoms with E-state index in [4.69, 9.17) is 21.5 Å². The minimum Gasteiger partial charge on any atom is -0.451 e. The molecule has 168 valence electrons. The first-order valence-corrected chi connectivity index (χ1v) is 12.2. The Kier molecular flexibility index (Phi) is 7.62. The molecular weight excluding hydrogens is 474 g/mol. The van der Waals surface area contributed by atoms with E-state index in [-0.39, 0.29) is 4.90 Å². The highest BCUT2D eigenvalue weighted by Crippen LogP contribution is 2.29. The zero-order chi connectivity index (χ0) is 23.3. The number of hydrogen-bond acceptors (Lipinski definition) is 7. The molecule has 0 atom stereocenters. The Hall–Kier alpha value is -2.79. The molecule has 0 radical (unpaired) electrons. The number of benzene rings is 2. The Bertz CT molecular complexity index is 1240. The number of halogens is 1. The van der Waals surface area contributed by atoms with Crippen LogP contribution < -0.4 is 10.5 Å². The number of nitrogens with two attached hydrogens (primary N) is 1. The van der Waals surface area contributed by atoms with E-state index in [1.807, 2.05) is 6.07 Å². The van der Waals surface area contributed by atoms with Gasteiger partial charge in [-0.1, -0.05) is 35.9 Å². The van der Waals surface area contributed by atoms with Gasteiger partial charge in [-0.25, -0.2) is 23.3 Å². The van der Waals surface area contributed by atoms with Gasteiger partial charge in [-0.05, 0) is 43.2 Å². The lowest BCUT2D eigenvalue weighted by Gasteiger charge is -2.07. The number of hydrogen-bond donors (Lipinski definition) is 2. The monoisotopic (exact) mass is 493 g/mol. The molecule has 0 saturated heterocycles. The molecular formula is C21H20ClN3O5S2. The Balaban J connectivity index is 1.48. The van der Waals surface area contributed by atoms with Crippen LogP contribution in [0.5, 0.6) is 0 Å². The van der Waals surface area contributed by atoms with E-state index in [0.717, 1.165) is 11.1 Å². The van der Waals surface area contributed by atoms with Gasteiger partial charge in [0.1, 0.15) is 9.88 Å². The summed E-state index contributed by atoms with van der Waals surface area (Å²) in [7, 11) is -3.74. The average molecular weight is 494 g/mol. The lowest BCUT2D eigenvalue weighted by molar-refractivity contribution is -0.124. The van der Waals surface area contributed by atoms with E-state index in [2.05, 4.69) is 10.3 Å². The first kappa shape index (κ1) is 23.9. The molecule has 0 aliphatic carbocycles. The average Bonchev–Trinajstić information content (AvgIpc) is 3.13. The van der Waals surface area contributed by atoms with Crippen LogP contribution in [0.15, 0.2) is 53.4 Å². The summed E-state index contributed by atoms with van der Waals surface area (Å²) in [5.41, 5.74) is 2.13. The lowest BCUT2D eigenvalue weighted by Crippen LogP contribution is -2.30. The van der Waals surface area contributed by atoms with Crippen LogP contribution in [-0.2, 0) is 26.0 Å². The second kappa shape index (κ2) is 10.2. The second-order valence-corrected chi connectivity index (χ2v) is 9.81. The number of nitrogens with zero attached hydrogens (tertiary/aromatic N) is 1. The number of aryl methyl sites for hydroxylation is 1. The van der Waals surface area contributed by atoms with Gasteiger partial charge in [0.2, 0.25) is 10.0 Å². The van der Waals surface area contributed by atoms with Gasteiger partial charge < -0.3 is 10.1 Å². The summed E-state index contributed by atoms with van der Waals surface area (Å²) in [4.78, 5) is 29.1. The molecule has 0 saturated carbocycles. The van der Waals surface area contributed by atoms with Crippen molar-refractivity contribution in [1.82, 2.24) is 10.3 Å². The van der Waals surface area contributed by atoms with Crippen LogP contribution in [0.2, 0.25) is 5.02 Å². The molecule has 0 spiro atoms. The van der Waals surface area contributed by atoms with Crippen LogP contribution in [0.1, 0.15) is 20.9 Å². The SMILES string of the molecule is Cc1nc(-c2cccc(Cl)c2)sc1C(=O)OCC(=O)NCCc1ccc(S(N)(=O)=O)cc1. The molecule has 3 rings (SSSR count). The number of ether oxygens (including phenoxy) is 1. The molecule has 3 N–H and O–H groups in total. The highest BCUT2D eigenvalue weighted by Gasteiger charge is 2.19. The van der Waals surface area contributed by atoms with Gasteiger partial charge in [0.15, 0.2) is 6.61 Å². The number of nitrogens with one attached hydrogen (secondary N) is 1. The van der Waals surface area contributed by atoms with Crippen molar-refractivity contribution in [2.45, 2.75) is 18.2 Å². The summed E-state index contributed by atoms with van der Waals surface area (Å²) < 4.78 is 27.6. The van der Waals surface area contributed by atoms with Crippen LogP contribution in [0.4, 0.5) is 0 Å². The molecule has 1 heterocycles. The van der Waals surface area contributed by atoms with Crippen molar-refractivity contribution in [3.63, 3.8) is 0 Å². The highest BCUT2D eigenvalue weighted by molar-refractivity contribution is 7.89. The van der Waals surface area contributed by atoms with Crippen molar-refractivity contribution in [2.24, 2.45) is 5.14 Å². The van der Waals surface area contributed by atoms with Crippen molar-refractivity contribution >= 4 is 44.8 Å². The van der Waals surface area contributed by atoms with E-state index in [1.54, 1.807) is 37.3 Å². The molecule has 2 aromatic carbocycles. The fourth-order valence-electron chi connectivity index (χ4n) is 2.77. The van der Waals surface area contributed by atoms with Gasteiger partial charge in [0.05, 0.1) is 10.6 Å². The summed E-state index contributed by atoms with van der Waals surface area (Å²) in [6.45, 7) is 1.57. The summed E-state index contributed by atoms with van der Waals surface area (Å²) >= 11 is 7.18. The second-order valence-electron chi connectivity index (χ2n) is 6.81. The predicted octanol–water partition coefficient (Wildman–Crippen LogP) is 2.94. The third kappa shape index (κ3) is 6.36. The van der Waals surface area contributed by atoms with Gasteiger partial charge in [0.25, 0.3) is 5.91 Å². The van der Waals surface area contributed by atoms with Crippen LogP contribution in [-0.4, -0.2) is 38.4 Å². The van der Waals surface area contributed by atoms with Crippen molar-refractivity contribution in [3.05, 3.63) is 69.7 Å². The van der Waals surface area contributed by atoms with Crippen molar-refractivity contribution in [2.75, 3.05) is 13.2 Å². The fraction of sp³-hybridized carbons (Fsp3) is 0.190. The van der Waals surface area contributed by atoms with E-state index in [0.29, 0.717) is 33.6 Å². The van der Waals surface area contributed by atoms with E-state index in [1.165, 1.54) is 23.5 Å². The van der Waals surface area contributed by atoms with Crippen LogP contribution in [0, 0.1) is 6.92 Å².